The predicted octanol–water partition coefficient (Wildman–Crippen LogP) is 2.58. The second-order valence-corrected chi connectivity index (χ2v) is 8.51. The van der Waals surface area contributed by atoms with E-state index < -0.39 is 0 Å². The molecule has 3 fully saturated rings. The summed E-state index contributed by atoms with van der Waals surface area (Å²) in [5.74, 6) is 1.33. The van der Waals surface area contributed by atoms with Gasteiger partial charge in [-0.25, -0.2) is 0 Å². The number of hydrogen-bond donors (Lipinski definition) is 2. The van der Waals surface area contributed by atoms with Crippen LogP contribution in [0.15, 0.2) is 48.5 Å². The Balaban J connectivity index is 1.20. The van der Waals surface area contributed by atoms with Crippen LogP contribution < -0.4 is 15.4 Å². The molecule has 0 radical (unpaired) electrons. The highest BCUT2D eigenvalue weighted by atomic mass is 16.6. The molecule has 0 aromatic heterocycles. The maximum atomic E-state index is 12.9. The van der Waals surface area contributed by atoms with Gasteiger partial charge in [0.1, 0.15) is 23.7 Å². The number of hydrogen-bond acceptors (Lipinski definition) is 5. The van der Waals surface area contributed by atoms with E-state index in [9.17, 15) is 9.59 Å². The molecule has 2 saturated heterocycles. The third kappa shape index (κ3) is 4.43. The Morgan fingerprint density at radius 2 is 1.55 bits per heavy atom. The number of amides is 2. The molecule has 162 valence electrons. The Morgan fingerprint density at radius 3 is 2.23 bits per heavy atom. The molecule has 0 bridgehead atoms. The quantitative estimate of drug-likeness (QED) is 0.747. The van der Waals surface area contributed by atoms with Gasteiger partial charge in [-0.05, 0) is 55.7 Å². The van der Waals surface area contributed by atoms with Gasteiger partial charge in [0.2, 0.25) is 5.91 Å². The fourth-order valence-corrected chi connectivity index (χ4v) is 4.16. The lowest BCUT2D eigenvalue weighted by molar-refractivity contribution is -0.123. The first-order valence-corrected chi connectivity index (χ1v) is 10.8. The Kier molecular flexibility index (Phi) is 5.38. The Bertz CT molecular complexity index is 989. The highest BCUT2D eigenvalue weighted by molar-refractivity contribution is 5.94. The zero-order valence-corrected chi connectivity index (χ0v) is 17.4. The lowest BCUT2D eigenvalue weighted by Gasteiger charge is -2.18. The normalized spacial score (nSPS) is 26.9. The second kappa shape index (κ2) is 8.32. The van der Waals surface area contributed by atoms with E-state index in [1.54, 1.807) is 18.2 Å². The number of nitrogens with one attached hydrogen (secondary N) is 2. The summed E-state index contributed by atoms with van der Waals surface area (Å²) >= 11 is 0. The maximum Gasteiger partial charge on any atom is 0.251 e. The molecule has 7 nitrogen and oxygen atoms in total. The van der Waals surface area contributed by atoms with Crippen molar-refractivity contribution >= 4 is 11.8 Å². The van der Waals surface area contributed by atoms with Crippen molar-refractivity contribution in [2.24, 2.45) is 5.92 Å². The number of carbonyl (C=O) groups excluding carboxylic acids is 2. The van der Waals surface area contributed by atoms with E-state index >= 15 is 0 Å². The number of carbonyl (C=O) groups is 2. The van der Waals surface area contributed by atoms with Crippen molar-refractivity contribution in [3.8, 4) is 11.5 Å². The summed E-state index contributed by atoms with van der Waals surface area (Å²) in [6.07, 6.45) is 1.42. The van der Waals surface area contributed by atoms with E-state index in [0.29, 0.717) is 24.5 Å². The van der Waals surface area contributed by atoms with Crippen LogP contribution in [0.4, 0.5) is 0 Å². The molecule has 2 N–H and O–H groups in total. The van der Waals surface area contributed by atoms with Crippen LogP contribution in [0, 0.1) is 12.8 Å². The summed E-state index contributed by atoms with van der Waals surface area (Å²) in [5, 5.41) is 6.05. The van der Waals surface area contributed by atoms with Crippen LogP contribution in [0.1, 0.15) is 28.8 Å². The lowest BCUT2D eigenvalue weighted by Crippen LogP contribution is -2.47. The monoisotopic (exact) mass is 422 g/mol. The third-order valence-corrected chi connectivity index (χ3v) is 5.97. The van der Waals surface area contributed by atoms with E-state index in [1.807, 2.05) is 37.3 Å². The number of aryl methyl sites for hydroxylation is 1. The highest BCUT2D eigenvalue weighted by Gasteiger charge is 2.49. The molecule has 2 amide bonds. The fourth-order valence-electron chi connectivity index (χ4n) is 4.16. The van der Waals surface area contributed by atoms with Gasteiger partial charge in [-0.1, -0.05) is 18.2 Å². The van der Waals surface area contributed by atoms with Crippen LogP contribution >= 0.6 is 0 Å². The van der Waals surface area contributed by atoms with Crippen LogP contribution in [0.25, 0.3) is 0 Å². The molecule has 2 aromatic rings. The van der Waals surface area contributed by atoms with Gasteiger partial charge < -0.3 is 24.8 Å². The minimum atomic E-state index is -0.264. The summed E-state index contributed by atoms with van der Waals surface area (Å²) in [4.78, 5) is 24.9. The predicted molar refractivity (Wildman–Crippen MR) is 113 cm³/mol. The molecule has 2 aromatic carbocycles. The SMILES string of the molecule is Cc1cccc(Oc2cccc(C(=O)N[C@H]3CO[C@H]4[C@@H]3OC[C@@H]4NC(=O)C3CC3)c2)c1. The van der Waals surface area contributed by atoms with Crippen LogP contribution in [0.2, 0.25) is 0 Å². The Labute approximate surface area is 181 Å². The van der Waals surface area contributed by atoms with E-state index in [-0.39, 0.29) is 42.0 Å². The van der Waals surface area contributed by atoms with Crippen LogP contribution in [-0.4, -0.2) is 49.3 Å². The Hall–Kier alpha value is -2.90. The van der Waals surface area contributed by atoms with Crippen molar-refractivity contribution in [2.45, 2.75) is 44.1 Å². The summed E-state index contributed by atoms with van der Waals surface area (Å²) in [6, 6.07) is 14.4. The molecule has 2 aliphatic heterocycles. The lowest BCUT2D eigenvalue weighted by atomic mass is 10.1. The molecule has 4 atom stereocenters. The third-order valence-electron chi connectivity index (χ3n) is 5.97. The minimum absolute atomic E-state index is 0.0794. The van der Waals surface area contributed by atoms with Crippen LogP contribution in [0.5, 0.6) is 11.5 Å². The summed E-state index contributed by atoms with van der Waals surface area (Å²) in [5.41, 5.74) is 1.61. The van der Waals surface area contributed by atoms with Crippen molar-refractivity contribution < 1.29 is 23.8 Å². The van der Waals surface area contributed by atoms with Crippen LogP contribution in [0.3, 0.4) is 0 Å². The van der Waals surface area contributed by atoms with Crippen molar-refractivity contribution in [2.75, 3.05) is 13.2 Å². The first-order valence-electron chi connectivity index (χ1n) is 10.8. The first kappa shape index (κ1) is 20.0. The van der Waals surface area contributed by atoms with Gasteiger partial charge in [-0.15, -0.1) is 0 Å². The second-order valence-electron chi connectivity index (χ2n) is 8.51. The smallest absolute Gasteiger partial charge is 0.251 e. The molecule has 2 heterocycles. The number of rotatable bonds is 6. The number of ether oxygens (including phenoxy) is 3. The van der Waals surface area contributed by atoms with Gasteiger partial charge >= 0.3 is 0 Å². The average Bonchev–Trinajstić information content (AvgIpc) is 3.43. The zero-order valence-electron chi connectivity index (χ0n) is 17.4. The van der Waals surface area contributed by atoms with E-state index in [0.717, 1.165) is 24.2 Å². The van der Waals surface area contributed by atoms with Gasteiger partial charge in [0, 0.05) is 11.5 Å². The molecular formula is C24H26N2O5. The van der Waals surface area contributed by atoms with Gasteiger partial charge in [-0.2, -0.15) is 0 Å². The standard InChI is InChI=1S/C24H26N2O5/c1-14-4-2-6-17(10-14)31-18-7-3-5-16(11-18)24(28)26-20-13-30-21-19(12-29-22(20)21)25-23(27)15-8-9-15/h2-7,10-11,15,19-22H,8-9,12-13H2,1H3,(H,25,27)(H,26,28)/t19-,20-,21+,22+/m0/s1. The summed E-state index contributed by atoms with van der Waals surface area (Å²) < 4.78 is 17.6. The molecule has 5 rings (SSSR count). The molecule has 31 heavy (non-hydrogen) atoms. The van der Waals surface area contributed by atoms with Crippen molar-refractivity contribution in [3.05, 3.63) is 59.7 Å². The van der Waals surface area contributed by atoms with Crippen molar-refractivity contribution in [3.63, 3.8) is 0 Å². The largest absolute Gasteiger partial charge is 0.457 e. The van der Waals surface area contributed by atoms with Crippen molar-refractivity contribution in [1.29, 1.82) is 0 Å². The zero-order chi connectivity index (χ0) is 21.4. The topological polar surface area (TPSA) is 85.9 Å². The van der Waals surface area contributed by atoms with Gasteiger partial charge in [0.25, 0.3) is 5.91 Å². The minimum Gasteiger partial charge on any atom is -0.457 e. The van der Waals surface area contributed by atoms with Crippen molar-refractivity contribution in [1.82, 2.24) is 10.6 Å². The molecule has 0 spiro atoms. The average molecular weight is 422 g/mol. The van der Waals surface area contributed by atoms with Crippen LogP contribution in [-0.2, 0) is 14.3 Å². The number of benzene rings is 2. The first-order chi connectivity index (χ1) is 15.1. The van der Waals surface area contributed by atoms with E-state index in [4.69, 9.17) is 14.2 Å². The summed E-state index contributed by atoms with van der Waals surface area (Å²) in [6.45, 7) is 2.76. The van der Waals surface area contributed by atoms with Gasteiger partial charge in [0.05, 0.1) is 25.3 Å². The maximum absolute atomic E-state index is 12.9. The summed E-state index contributed by atoms with van der Waals surface area (Å²) in [7, 11) is 0. The fraction of sp³-hybridized carbons (Fsp3) is 0.417. The molecule has 0 unspecified atom stereocenters. The number of fused-ring (bicyclic) bond motifs is 1. The highest BCUT2D eigenvalue weighted by Crippen LogP contribution is 2.31. The van der Waals surface area contributed by atoms with Gasteiger partial charge in [0.15, 0.2) is 0 Å². The molecular weight excluding hydrogens is 396 g/mol. The molecule has 1 aliphatic carbocycles. The molecule has 1 saturated carbocycles. The van der Waals surface area contributed by atoms with E-state index in [1.165, 1.54) is 0 Å². The Morgan fingerprint density at radius 1 is 0.903 bits per heavy atom. The van der Waals surface area contributed by atoms with Gasteiger partial charge in [-0.3, -0.25) is 9.59 Å². The molecule has 3 aliphatic rings. The van der Waals surface area contributed by atoms with E-state index in [2.05, 4.69) is 10.6 Å². The molecule has 7 heteroatoms.